The van der Waals surface area contributed by atoms with Crippen LogP contribution in [0, 0.1) is 5.41 Å². The summed E-state index contributed by atoms with van der Waals surface area (Å²) >= 11 is 0. The van der Waals surface area contributed by atoms with Crippen molar-refractivity contribution in [2.45, 2.75) is 27.1 Å². The maximum Gasteiger partial charge on any atom is 1.00 e. The van der Waals surface area contributed by atoms with Gasteiger partial charge in [0.1, 0.15) is 0 Å². The molecule has 0 fully saturated rings. The van der Waals surface area contributed by atoms with Gasteiger partial charge in [0.25, 0.3) is 0 Å². The van der Waals surface area contributed by atoms with Crippen LogP contribution in [0.25, 0.3) is 0 Å². The Kier molecular flexibility index (Phi) is 6.32. The third kappa shape index (κ3) is 12.2. The summed E-state index contributed by atoms with van der Waals surface area (Å²) in [6.07, 6.45) is -0.646. The van der Waals surface area contributed by atoms with Crippen molar-refractivity contribution in [3.8, 4) is 0 Å². The molecule has 0 aliphatic heterocycles. The number of rotatable bonds is 1. The standard InChI is InChI=1S/C5H11BF3.K/c1-5(2,3)4-6(7,8)9;/h4H2,1-3H3;/q-1;+1. The Hall–Kier alpha value is 1.49. The Morgan fingerprint density at radius 1 is 1.10 bits per heavy atom. The predicted molar refractivity (Wildman–Crippen MR) is 33.3 cm³/mol. The molecule has 0 saturated carbocycles. The number of hydrogen-bond acceptors (Lipinski definition) is 0. The van der Waals surface area contributed by atoms with Crippen LogP contribution in [0.4, 0.5) is 12.9 Å². The van der Waals surface area contributed by atoms with E-state index in [1.807, 2.05) is 0 Å². The van der Waals surface area contributed by atoms with Gasteiger partial charge in [-0.15, -0.1) is 0 Å². The van der Waals surface area contributed by atoms with Crippen molar-refractivity contribution < 1.29 is 64.3 Å². The van der Waals surface area contributed by atoms with Crippen LogP contribution >= 0.6 is 0 Å². The fourth-order valence-corrected chi connectivity index (χ4v) is 0.694. The molecule has 0 saturated heterocycles. The van der Waals surface area contributed by atoms with Crippen LogP contribution in [0.2, 0.25) is 6.32 Å². The zero-order chi connectivity index (χ0) is 7.71. The maximum atomic E-state index is 11.6. The largest absolute Gasteiger partial charge is 1.00 e. The first-order valence-corrected chi connectivity index (χ1v) is 2.92. The first-order chi connectivity index (χ1) is 3.71. The van der Waals surface area contributed by atoms with E-state index in [9.17, 15) is 12.9 Å². The SMILES string of the molecule is CC(C)(C)C[B-](F)(F)F.[K+]. The van der Waals surface area contributed by atoms with Crippen molar-refractivity contribution in [1.82, 2.24) is 0 Å². The van der Waals surface area contributed by atoms with Gasteiger partial charge in [0.05, 0.1) is 0 Å². The summed E-state index contributed by atoms with van der Waals surface area (Å²) < 4.78 is 34.8. The summed E-state index contributed by atoms with van der Waals surface area (Å²) in [4.78, 5) is 0. The monoisotopic (exact) mass is 178 g/mol. The van der Waals surface area contributed by atoms with Crippen LogP contribution in [0.5, 0.6) is 0 Å². The van der Waals surface area contributed by atoms with Crippen LogP contribution in [0.15, 0.2) is 0 Å². The fraction of sp³-hybridized carbons (Fsp3) is 1.00. The van der Waals surface area contributed by atoms with Gasteiger partial charge in [-0.25, -0.2) is 0 Å². The summed E-state index contributed by atoms with van der Waals surface area (Å²) in [6, 6.07) is 0. The van der Waals surface area contributed by atoms with Crippen LogP contribution in [-0.4, -0.2) is 6.98 Å². The van der Waals surface area contributed by atoms with Gasteiger partial charge in [-0.1, -0.05) is 32.5 Å². The summed E-state index contributed by atoms with van der Waals surface area (Å²) in [5.74, 6) is 0. The molecule has 0 aliphatic carbocycles. The second-order valence-corrected chi connectivity index (χ2v) is 3.48. The van der Waals surface area contributed by atoms with Gasteiger partial charge in [0, 0.05) is 0 Å². The molecule has 56 valence electrons. The van der Waals surface area contributed by atoms with Crippen LogP contribution in [0.3, 0.4) is 0 Å². The minimum Gasteiger partial charge on any atom is -0.449 e. The molecular formula is C5H11BF3K. The van der Waals surface area contributed by atoms with Crippen LogP contribution in [0.1, 0.15) is 20.8 Å². The molecule has 0 aromatic carbocycles. The molecule has 10 heavy (non-hydrogen) atoms. The quantitative estimate of drug-likeness (QED) is 0.491. The summed E-state index contributed by atoms with van der Waals surface area (Å²) in [7, 11) is 0. The topological polar surface area (TPSA) is 0 Å². The van der Waals surface area contributed by atoms with Gasteiger partial charge in [-0.05, 0) is 0 Å². The van der Waals surface area contributed by atoms with Gasteiger partial charge in [-0.3, -0.25) is 0 Å². The Morgan fingerprint density at radius 3 is 1.40 bits per heavy atom. The van der Waals surface area contributed by atoms with E-state index < -0.39 is 18.7 Å². The Labute approximate surface area is 102 Å². The maximum absolute atomic E-state index is 11.6. The van der Waals surface area contributed by atoms with Crippen molar-refractivity contribution in [2.75, 3.05) is 0 Å². The molecule has 0 aromatic heterocycles. The zero-order valence-electron chi connectivity index (χ0n) is 6.92. The minimum atomic E-state index is -4.59. The summed E-state index contributed by atoms with van der Waals surface area (Å²) in [6.45, 7) is 0.166. The molecule has 0 spiro atoms. The van der Waals surface area contributed by atoms with Gasteiger partial charge in [0.2, 0.25) is 0 Å². The summed E-state index contributed by atoms with van der Waals surface area (Å²) in [5, 5.41) is 0. The van der Waals surface area contributed by atoms with E-state index in [0.717, 1.165) is 0 Å². The molecule has 0 amide bonds. The van der Waals surface area contributed by atoms with Gasteiger partial charge < -0.3 is 12.9 Å². The van der Waals surface area contributed by atoms with E-state index in [1.54, 1.807) is 20.8 Å². The Balaban J connectivity index is 0. The normalized spacial score (nSPS) is 12.6. The van der Waals surface area contributed by atoms with Gasteiger partial charge in [-0.2, -0.15) is 0 Å². The van der Waals surface area contributed by atoms with Crippen molar-refractivity contribution in [2.24, 2.45) is 5.41 Å². The molecule has 0 atom stereocenters. The Bertz CT molecular complexity index is 82.0. The van der Waals surface area contributed by atoms with Crippen molar-refractivity contribution in [3.63, 3.8) is 0 Å². The van der Waals surface area contributed by atoms with Crippen LogP contribution < -0.4 is 51.4 Å². The number of hydrogen-bond donors (Lipinski definition) is 0. The smallest absolute Gasteiger partial charge is 0.449 e. The van der Waals surface area contributed by atoms with E-state index >= 15 is 0 Å². The second-order valence-electron chi connectivity index (χ2n) is 3.48. The molecular weight excluding hydrogens is 167 g/mol. The predicted octanol–water partition coefficient (Wildman–Crippen LogP) is -0.116. The van der Waals surface area contributed by atoms with E-state index in [0.29, 0.717) is 0 Å². The molecule has 5 heteroatoms. The van der Waals surface area contributed by atoms with Gasteiger partial charge >= 0.3 is 58.4 Å². The van der Waals surface area contributed by atoms with Crippen LogP contribution in [-0.2, 0) is 0 Å². The summed E-state index contributed by atoms with van der Waals surface area (Å²) in [5.41, 5.74) is -0.613. The molecule has 0 rings (SSSR count). The third-order valence-electron chi connectivity index (χ3n) is 0.844. The number of halogens is 3. The first-order valence-electron chi connectivity index (χ1n) is 2.92. The molecule has 0 radical (unpaired) electrons. The average molecular weight is 178 g/mol. The van der Waals surface area contributed by atoms with E-state index in [2.05, 4.69) is 0 Å². The average Bonchev–Trinajstić information content (AvgIpc) is 1.14. The van der Waals surface area contributed by atoms with E-state index in [1.165, 1.54) is 0 Å². The zero-order valence-corrected chi connectivity index (χ0v) is 10.0. The van der Waals surface area contributed by atoms with Crippen molar-refractivity contribution in [1.29, 1.82) is 0 Å². The third-order valence-corrected chi connectivity index (χ3v) is 0.844. The minimum absolute atomic E-state index is 0. The van der Waals surface area contributed by atoms with Crippen molar-refractivity contribution in [3.05, 3.63) is 0 Å². The Morgan fingerprint density at radius 2 is 1.40 bits per heavy atom. The molecule has 0 nitrogen and oxygen atoms in total. The van der Waals surface area contributed by atoms with Gasteiger partial charge in [0.15, 0.2) is 0 Å². The molecule has 0 N–H and O–H groups in total. The molecule has 0 bridgehead atoms. The molecule has 0 unspecified atom stereocenters. The fourth-order valence-electron chi connectivity index (χ4n) is 0.694. The second kappa shape index (κ2) is 4.50. The molecule has 0 aliphatic rings. The van der Waals surface area contributed by atoms with Crippen molar-refractivity contribution >= 4 is 6.98 Å². The first kappa shape index (κ1) is 14.0. The molecule has 0 heterocycles. The van der Waals surface area contributed by atoms with E-state index in [-0.39, 0.29) is 51.4 Å². The molecule has 0 aromatic rings. The van der Waals surface area contributed by atoms with E-state index in [4.69, 9.17) is 0 Å².